The fourth-order valence-corrected chi connectivity index (χ4v) is 9.66. The van der Waals surface area contributed by atoms with Crippen molar-refractivity contribution in [1.29, 1.82) is 0 Å². The molecule has 0 saturated carbocycles. The Hall–Kier alpha value is -6.46. The summed E-state index contributed by atoms with van der Waals surface area (Å²) >= 11 is 7.08. The molecule has 10 rings (SSSR count). The molecule has 0 spiro atoms. The number of carbonyl (C=O) groups is 2. The van der Waals surface area contributed by atoms with E-state index in [0.29, 0.717) is 11.3 Å². The van der Waals surface area contributed by atoms with E-state index in [2.05, 4.69) is 111 Å². The van der Waals surface area contributed by atoms with E-state index in [4.69, 9.17) is 29.4 Å². The maximum atomic E-state index is 12.8. The fourth-order valence-electron chi connectivity index (χ4n) is 8.89. The van der Waals surface area contributed by atoms with Crippen LogP contribution in [0.2, 0.25) is 0 Å². The number of rotatable bonds is 11. The van der Waals surface area contributed by atoms with Crippen LogP contribution in [0.3, 0.4) is 0 Å². The van der Waals surface area contributed by atoms with Crippen molar-refractivity contribution in [1.82, 2.24) is 29.5 Å². The molecule has 0 radical (unpaired) electrons. The third-order valence-electron chi connectivity index (χ3n) is 12.3. The lowest BCUT2D eigenvalue weighted by Gasteiger charge is -2.29. The molecule has 16 heteroatoms. The lowest BCUT2D eigenvalue weighted by molar-refractivity contribution is 0.0519. The number of hydrogen-bond donors (Lipinski definition) is 1. The van der Waals surface area contributed by atoms with E-state index in [-0.39, 0.29) is 29.8 Å². The highest BCUT2D eigenvalue weighted by atomic mass is 79.9. The third kappa shape index (κ3) is 10.2. The van der Waals surface area contributed by atoms with Gasteiger partial charge in [0.05, 0.1) is 66.6 Å². The molecule has 70 heavy (non-hydrogen) atoms. The molecule has 360 valence electrons. The molecular formula is C54H54Br2N8O6. The second-order valence-electron chi connectivity index (χ2n) is 17.7. The Labute approximate surface area is 423 Å². The van der Waals surface area contributed by atoms with Gasteiger partial charge in [-0.2, -0.15) is 10.2 Å². The maximum Gasteiger partial charge on any atom is 0.357 e. The Balaban J connectivity index is 0.000000174. The van der Waals surface area contributed by atoms with Crippen LogP contribution in [-0.4, -0.2) is 106 Å². The molecule has 4 aromatic heterocycles. The van der Waals surface area contributed by atoms with E-state index >= 15 is 0 Å². The van der Waals surface area contributed by atoms with Crippen LogP contribution >= 0.6 is 31.9 Å². The van der Waals surface area contributed by atoms with Gasteiger partial charge in [0.1, 0.15) is 0 Å². The highest BCUT2D eigenvalue weighted by Gasteiger charge is 2.26. The SMILES string of the molecule is CC(C)c1nn(-c2cccc(Br)c2)c2nc(C(=O)O)cc(-c3ccc(N4CCOCC4)cc3)c12.CCOC(=O)c1cc(-c2ccc(N3CCOCC3)cc2)c2c(C(C)C)nn(-c3cccc(Br)c3)c2n1. The van der Waals surface area contributed by atoms with Crippen molar-refractivity contribution in [3.63, 3.8) is 0 Å². The van der Waals surface area contributed by atoms with Crippen LogP contribution in [0, 0.1) is 0 Å². The van der Waals surface area contributed by atoms with Crippen molar-refractivity contribution < 1.29 is 28.9 Å². The number of carboxylic acid groups (broad SMARTS) is 1. The van der Waals surface area contributed by atoms with Gasteiger partial charge in [-0.3, -0.25) is 0 Å². The summed E-state index contributed by atoms with van der Waals surface area (Å²) in [5.41, 5.74) is 10.9. The average molecular weight is 1070 g/mol. The highest BCUT2D eigenvalue weighted by molar-refractivity contribution is 9.10. The predicted molar refractivity (Wildman–Crippen MR) is 281 cm³/mol. The number of aromatic carboxylic acids is 1. The van der Waals surface area contributed by atoms with Crippen molar-refractivity contribution in [2.45, 2.75) is 46.5 Å². The van der Waals surface area contributed by atoms with Gasteiger partial charge in [-0.25, -0.2) is 28.9 Å². The number of aromatic nitrogens is 6. The number of hydrogen-bond acceptors (Lipinski definition) is 11. The lowest BCUT2D eigenvalue weighted by atomic mass is 9.97. The fraction of sp³-hybridized carbons (Fsp3) is 0.296. The highest BCUT2D eigenvalue weighted by Crippen LogP contribution is 2.39. The first-order valence-electron chi connectivity index (χ1n) is 23.5. The molecule has 2 aliphatic heterocycles. The number of ether oxygens (including phenoxy) is 3. The zero-order valence-electron chi connectivity index (χ0n) is 39.7. The van der Waals surface area contributed by atoms with Gasteiger partial charge in [0, 0.05) is 46.5 Å². The summed E-state index contributed by atoms with van der Waals surface area (Å²) in [5, 5.41) is 21.5. The molecule has 2 aliphatic rings. The first-order chi connectivity index (χ1) is 33.9. The lowest BCUT2D eigenvalue weighted by Crippen LogP contribution is -2.36. The molecule has 6 heterocycles. The number of esters is 1. The number of anilines is 2. The minimum atomic E-state index is -1.07. The maximum absolute atomic E-state index is 12.8. The number of fused-ring (bicyclic) bond motifs is 2. The normalized spacial score (nSPS) is 14.1. The van der Waals surface area contributed by atoms with Gasteiger partial charge in [0.2, 0.25) is 0 Å². The molecule has 2 saturated heterocycles. The molecule has 1 N–H and O–H groups in total. The second-order valence-corrected chi connectivity index (χ2v) is 19.5. The van der Waals surface area contributed by atoms with Crippen molar-refractivity contribution in [3.05, 3.63) is 141 Å². The van der Waals surface area contributed by atoms with E-state index < -0.39 is 11.9 Å². The van der Waals surface area contributed by atoms with Crippen LogP contribution in [0.4, 0.5) is 11.4 Å². The van der Waals surface area contributed by atoms with Crippen molar-refractivity contribution in [3.8, 4) is 33.6 Å². The summed E-state index contributed by atoms with van der Waals surface area (Å²) < 4.78 is 21.7. The van der Waals surface area contributed by atoms with E-state index in [9.17, 15) is 14.7 Å². The molecule has 0 aliphatic carbocycles. The molecule has 0 amide bonds. The molecule has 8 aromatic rings. The standard InChI is InChI=1S/C28H29BrN4O3.C26H25BrN4O3/c1-4-36-28(34)24-17-23(19-8-10-21(11-9-19)32-12-14-35-15-13-32)25-26(18(2)3)31-33(27(25)30-24)22-7-5-6-20(29)16-22;1-16(2)24-23-21(17-6-8-19(9-7-17)30-10-12-34-13-11-30)15-22(26(32)33)28-25(23)31(29-24)20-5-3-4-18(27)14-20/h5-11,16-18H,4,12-15H2,1-3H3;3-9,14-16H,10-13H2,1-2H3,(H,32,33). The number of benzene rings is 4. The van der Waals surface area contributed by atoms with Crippen LogP contribution in [-0.2, 0) is 14.2 Å². The number of nitrogens with zero attached hydrogens (tertiary/aromatic N) is 8. The summed E-state index contributed by atoms with van der Waals surface area (Å²) in [6, 6.07) is 35.9. The van der Waals surface area contributed by atoms with Crippen LogP contribution < -0.4 is 9.80 Å². The van der Waals surface area contributed by atoms with Gasteiger partial charge in [-0.05, 0) is 114 Å². The number of pyridine rings is 2. The van der Waals surface area contributed by atoms with Crippen molar-refractivity contribution in [2.24, 2.45) is 0 Å². The van der Waals surface area contributed by atoms with Gasteiger partial charge in [-0.15, -0.1) is 0 Å². The summed E-state index contributed by atoms with van der Waals surface area (Å²) in [6.07, 6.45) is 0. The molecule has 2 fully saturated rings. The van der Waals surface area contributed by atoms with E-state index in [1.54, 1.807) is 17.7 Å². The Bertz CT molecular complexity index is 3180. The van der Waals surface area contributed by atoms with Crippen molar-refractivity contribution in [2.75, 3.05) is 69.0 Å². The van der Waals surface area contributed by atoms with Gasteiger partial charge in [-0.1, -0.05) is 96.0 Å². The van der Waals surface area contributed by atoms with Gasteiger partial charge >= 0.3 is 11.9 Å². The molecular weight excluding hydrogens is 1020 g/mol. The van der Waals surface area contributed by atoms with Gasteiger partial charge < -0.3 is 29.1 Å². The Morgan fingerprint density at radius 2 is 1.01 bits per heavy atom. The van der Waals surface area contributed by atoms with E-state index in [1.165, 1.54) is 0 Å². The summed E-state index contributed by atoms with van der Waals surface area (Å²) in [5.74, 6) is -1.23. The molecule has 14 nitrogen and oxygen atoms in total. The summed E-state index contributed by atoms with van der Waals surface area (Å²) in [4.78, 5) is 38.8. The zero-order valence-corrected chi connectivity index (χ0v) is 42.9. The van der Waals surface area contributed by atoms with Crippen LogP contribution in [0.1, 0.15) is 78.8 Å². The van der Waals surface area contributed by atoms with Crippen LogP contribution in [0.25, 0.3) is 55.7 Å². The van der Waals surface area contributed by atoms with Gasteiger partial charge in [0.25, 0.3) is 0 Å². The number of halogens is 2. The van der Waals surface area contributed by atoms with Crippen molar-refractivity contribution >= 4 is 77.2 Å². The summed E-state index contributed by atoms with van der Waals surface area (Å²) in [7, 11) is 0. The molecule has 0 bridgehead atoms. The number of carbonyl (C=O) groups excluding carboxylic acids is 1. The first kappa shape index (κ1) is 48.6. The summed E-state index contributed by atoms with van der Waals surface area (Å²) in [6.45, 7) is 16.9. The third-order valence-corrected chi connectivity index (χ3v) is 13.3. The first-order valence-corrected chi connectivity index (χ1v) is 25.1. The Morgan fingerprint density at radius 3 is 1.40 bits per heavy atom. The average Bonchev–Trinajstić information content (AvgIpc) is 3.97. The van der Waals surface area contributed by atoms with Crippen LogP contribution in [0.15, 0.2) is 118 Å². The number of morpholine rings is 2. The second kappa shape index (κ2) is 21.3. The monoisotopic (exact) mass is 1070 g/mol. The Kier molecular flexibility index (Phi) is 14.8. The molecule has 4 aromatic carbocycles. The molecule has 0 atom stereocenters. The largest absolute Gasteiger partial charge is 0.477 e. The van der Waals surface area contributed by atoms with Crippen LogP contribution in [0.5, 0.6) is 0 Å². The Morgan fingerprint density at radius 1 is 0.600 bits per heavy atom. The zero-order chi connectivity index (χ0) is 49.1. The number of carboxylic acids is 1. The molecule has 0 unspecified atom stereocenters. The van der Waals surface area contributed by atoms with Gasteiger partial charge in [0.15, 0.2) is 22.7 Å². The smallest absolute Gasteiger partial charge is 0.357 e. The predicted octanol–water partition coefficient (Wildman–Crippen LogP) is 11.5. The quantitative estimate of drug-likeness (QED) is 0.123. The minimum Gasteiger partial charge on any atom is -0.477 e. The van der Waals surface area contributed by atoms with E-state index in [0.717, 1.165) is 129 Å². The minimum absolute atomic E-state index is 0.00814. The van der Waals surface area contributed by atoms with E-state index in [1.807, 2.05) is 71.4 Å². The topological polar surface area (TPSA) is 150 Å².